The van der Waals surface area contributed by atoms with E-state index in [0.29, 0.717) is 17.5 Å². The zero-order chi connectivity index (χ0) is 40.5. The van der Waals surface area contributed by atoms with Crippen molar-refractivity contribution in [2.75, 3.05) is 0 Å². The van der Waals surface area contributed by atoms with Crippen LogP contribution >= 0.6 is 11.3 Å². The molecule has 0 amide bonds. The molecule has 0 radical (unpaired) electrons. The molecule has 0 bridgehead atoms. The highest BCUT2D eigenvalue weighted by Gasteiger charge is 2.17. The van der Waals surface area contributed by atoms with Gasteiger partial charge in [-0.05, 0) is 67.8 Å². The lowest BCUT2D eigenvalue weighted by Gasteiger charge is -2.13. The summed E-state index contributed by atoms with van der Waals surface area (Å²) in [6.45, 7) is 0. The smallest absolute Gasteiger partial charge is 0.164 e. The molecule has 0 unspecified atom stereocenters. The maximum atomic E-state index is 5.17. The van der Waals surface area contributed by atoms with Gasteiger partial charge in [0.25, 0.3) is 0 Å². The van der Waals surface area contributed by atoms with Gasteiger partial charge in [0.2, 0.25) is 0 Å². The van der Waals surface area contributed by atoms with Crippen molar-refractivity contribution in [3.05, 3.63) is 224 Å². The fourth-order valence-electron chi connectivity index (χ4n) is 8.25. The molecule has 0 saturated carbocycles. The van der Waals surface area contributed by atoms with Gasteiger partial charge in [0, 0.05) is 36.9 Å². The second-order valence-electron chi connectivity index (χ2n) is 15.2. The summed E-state index contributed by atoms with van der Waals surface area (Å²) in [6.07, 6.45) is 0. The van der Waals surface area contributed by atoms with Crippen LogP contribution in [-0.2, 0) is 0 Å². The fourth-order valence-corrected chi connectivity index (χ4v) is 9.49. The summed E-state index contributed by atoms with van der Waals surface area (Å²) in [5, 5.41) is 2.64. The van der Waals surface area contributed by atoms with Crippen molar-refractivity contribution < 1.29 is 0 Å². The van der Waals surface area contributed by atoms with E-state index in [2.05, 4.69) is 206 Å². The molecule has 2 heterocycles. The largest absolute Gasteiger partial charge is 0.208 e. The first kappa shape index (κ1) is 36.3. The topological polar surface area (TPSA) is 38.7 Å². The van der Waals surface area contributed by atoms with Crippen LogP contribution in [0.3, 0.4) is 0 Å². The standard InChI is InChI=1S/C57H37N3S/c1-3-13-38(14-4-1)39-31-35-45(36-32-39)55-58-56(60-57(59-55)52-21-8-7-19-48(52)43-15-5-2-6-16-43)47-18-11-17-46(37-47)42-27-25-40(26-28-42)41-29-33-44(34-30-41)49-22-12-23-51-50-20-9-10-24-53(50)61-54(49)51/h1-37H. The second-order valence-corrected chi connectivity index (χ2v) is 16.2. The molecule has 2 aromatic heterocycles. The Hall–Kier alpha value is -7.79. The Morgan fingerprint density at radius 1 is 0.246 bits per heavy atom. The van der Waals surface area contributed by atoms with Crippen molar-refractivity contribution in [1.29, 1.82) is 0 Å². The van der Waals surface area contributed by atoms with Crippen molar-refractivity contribution in [2.45, 2.75) is 0 Å². The summed E-state index contributed by atoms with van der Waals surface area (Å²) in [6, 6.07) is 79.3. The van der Waals surface area contributed by atoms with Crippen LogP contribution < -0.4 is 0 Å². The van der Waals surface area contributed by atoms with Crippen LogP contribution in [0.1, 0.15) is 0 Å². The van der Waals surface area contributed by atoms with Gasteiger partial charge in [-0.1, -0.05) is 212 Å². The van der Waals surface area contributed by atoms with Crippen molar-refractivity contribution in [3.8, 4) is 89.8 Å². The Kier molecular flexibility index (Phi) is 9.38. The number of rotatable bonds is 8. The number of hydrogen-bond acceptors (Lipinski definition) is 4. The second kappa shape index (κ2) is 15.8. The van der Waals surface area contributed by atoms with Gasteiger partial charge in [-0.15, -0.1) is 11.3 Å². The lowest BCUT2D eigenvalue weighted by atomic mass is 9.97. The Balaban J connectivity index is 0.924. The Morgan fingerprint density at radius 2 is 0.656 bits per heavy atom. The number of nitrogens with zero attached hydrogens (tertiary/aromatic N) is 3. The summed E-state index contributed by atoms with van der Waals surface area (Å²) in [5.41, 5.74) is 14.4. The molecule has 9 aromatic carbocycles. The van der Waals surface area contributed by atoms with E-state index in [1.54, 1.807) is 0 Å². The minimum Gasteiger partial charge on any atom is -0.208 e. The van der Waals surface area contributed by atoms with Crippen molar-refractivity contribution in [3.63, 3.8) is 0 Å². The molecular weight excluding hydrogens is 759 g/mol. The van der Waals surface area contributed by atoms with Gasteiger partial charge >= 0.3 is 0 Å². The van der Waals surface area contributed by atoms with E-state index in [1.165, 1.54) is 48.0 Å². The summed E-state index contributed by atoms with van der Waals surface area (Å²) in [7, 11) is 0. The van der Waals surface area contributed by atoms with Crippen LogP contribution in [0.4, 0.5) is 0 Å². The minimum absolute atomic E-state index is 0.625. The summed E-state index contributed by atoms with van der Waals surface area (Å²) < 4.78 is 2.66. The zero-order valence-corrected chi connectivity index (χ0v) is 33.9. The summed E-state index contributed by atoms with van der Waals surface area (Å²) >= 11 is 1.87. The first-order chi connectivity index (χ1) is 30.2. The van der Waals surface area contributed by atoms with Crippen molar-refractivity contribution >= 4 is 31.5 Å². The van der Waals surface area contributed by atoms with E-state index in [4.69, 9.17) is 15.0 Å². The van der Waals surface area contributed by atoms with Gasteiger partial charge < -0.3 is 0 Å². The Morgan fingerprint density at radius 3 is 1.34 bits per heavy atom. The van der Waals surface area contributed by atoms with E-state index in [-0.39, 0.29) is 0 Å². The number of benzene rings is 9. The highest BCUT2D eigenvalue weighted by atomic mass is 32.1. The Labute approximate surface area is 359 Å². The number of fused-ring (bicyclic) bond motifs is 3. The quantitative estimate of drug-likeness (QED) is 0.154. The van der Waals surface area contributed by atoms with Crippen LogP contribution in [-0.4, -0.2) is 15.0 Å². The fraction of sp³-hybridized carbons (Fsp3) is 0. The van der Waals surface area contributed by atoms with E-state index in [1.807, 2.05) is 29.5 Å². The van der Waals surface area contributed by atoms with E-state index < -0.39 is 0 Å². The predicted octanol–water partition coefficient (Wildman–Crippen LogP) is 15.6. The molecule has 0 fully saturated rings. The molecule has 3 nitrogen and oxygen atoms in total. The zero-order valence-electron chi connectivity index (χ0n) is 33.1. The molecule has 0 N–H and O–H groups in total. The molecule has 0 aliphatic carbocycles. The third-order valence-electron chi connectivity index (χ3n) is 11.4. The molecule has 0 spiro atoms. The first-order valence-electron chi connectivity index (χ1n) is 20.5. The first-order valence-corrected chi connectivity index (χ1v) is 21.3. The average molecular weight is 796 g/mol. The molecule has 11 aromatic rings. The molecule has 0 saturated heterocycles. The molecule has 11 rings (SSSR count). The van der Waals surface area contributed by atoms with Crippen LogP contribution in [0, 0.1) is 0 Å². The van der Waals surface area contributed by atoms with Gasteiger partial charge in [0.1, 0.15) is 0 Å². The van der Waals surface area contributed by atoms with Gasteiger partial charge in [-0.25, -0.2) is 15.0 Å². The molecule has 0 atom stereocenters. The molecular formula is C57H37N3S. The molecule has 0 aliphatic heterocycles. The highest BCUT2D eigenvalue weighted by Crippen LogP contribution is 2.40. The van der Waals surface area contributed by atoms with Gasteiger partial charge in [0.15, 0.2) is 17.5 Å². The van der Waals surface area contributed by atoms with Gasteiger partial charge in [0.05, 0.1) is 0 Å². The van der Waals surface area contributed by atoms with Gasteiger partial charge in [-0.3, -0.25) is 0 Å². The number of thiophene rings is 1. The van der Waals surface area contributed by atoms with Crippen LogP contribution in [0.2, 0.25) is 0 Å². The lowest BCUT2D eigenvalue weighted by molar-refractivity contribution is 1.07. The third kappa shape index (κ3) is 7.09. The maximum absolute atomic E-state index is 5.17. The van der Waals surface area contributed by atoms with E-state index in [0.717, 1.165) is 44.5 Å². The molecule has 286 valence electrons. The van der Waals surface area contributed by atoms with E-state index >= 15 is 0 Å². The SMILES string of the molecule is c1ccc(-c2ccc(-c3nc(-c4cccc(-c5ccc(-c6ccc(-c7cccc8c7sc7ccccc78)cc6)cc5)c4)nc(-c4ccccc4-c4ccccc4)n3)cc2)cc1. The van der Waals surface area contributed by atoms with Crippen molar-refractivity contribution in [1.82, 2.24) is 15.0 Å². The summed E-state index contributed by atoms with van der Waals surface area (Å²) in [4.78, 5) is 15.4. The maximum Gasteiger partial charge on any atom is 0.164 e. The lowest BCUT2D eigenvalue weighted by Crippen LogP contribution is -2.01. The molecule has 0 aliphatic rings. The van der Waals surface area contributed by atoms with Crippen molar-refractivity contribution in [2.24, 2.45) is 0 Å². The molecule has 4 heteroatoms. The van der Waals surface area contributed by atoms with Gasteiger partial charge in [-0.2, -0.15) is 0 Å². The van der Waals surface area contributed by atoms with Crippen LogP contribution in [0.15, 0.2) is 224 Å². The minimum atomic E-state index is 0.625. The predicted molar refractivity (Wildman–Crippen MR) is 256 cm³/mol. The highest BCUT2D eigenvalue weighted by molar-refractivity contribution is 7.26. The van der Waals surface area contributed by atoms with E-state index in [9.17, 15) is 0 Å². The monoisotopic (exact) mass is 795 g/mol. The third-order valence-corrected chi connectivity index (χ3v) is 12.6. The Bertz CT molecular complexity index is 3320. The van der Waals surface area contributed by atoms with Crippen LogP contribution in [0.5, 0.6) is 0 Å². The number of aromatic nitrogens is 3. The summed E-state index contributed by atoms with van der Waals surface area (Å²) in [5.74, 6) is 1.89. The molecule has 61 heavy (non-hydrogen) atoms. The average Bonchev–Trinajstić information content (AvgIpc) is 3.74. The normalized spacial score (nSPS) is 11.3. The van der Waals surface area contributed by atoms with Crippen LogP contribution in [0.25, 0.3) is 110 Å². The number of hydrogen-bond donors (Lipinski definition) is 0.